The molecule has 0 aromatic carbocycles. The predicted octanol–water partition coefficient (Wildman–Crippen LogP) is 3.76. The third-order valence-electron chi connectivity index (χ3n) is 0.471. The summed E-state index contributed by atoms with van der Waals surface area (Å²) in [5, 5.41) is 0. The van der Waals surface area contributed by atoms with Crippen molar-refractivity contribution in [3.8, 4) is 0 Å². The zero-order valence-corrected chi connectivity index (χ0v) is 8.96. The molecule has 0 aromatic rings. The standard InChI is InChI=1S/C6H10O.2C3H6/c1-3-5-7-6-4-2;2*1-3-2/h3-4H,1-2,5-6H2;2*3H,1H2,2H3. The first-order valence-electron chi connectivity index (χ1n) is 4.18. The molecule has 0 heterocycles. The first-order chi connectivity index (χ1) is 6.24. The fraction of sp³-hybridized carbons (Fsp3) is 0.333. The molecule has 0 fully saturated rings. The van der Waals surface area contributed by atoms with Gasteiger partial charge in [-0.25, -0.2) is 0 Å². The van der Waals surface area contributed by atoms with E-state index >= 15 is 0 Å². The first-order valence-corrected chi connectivity index (χ1v) is 4.18. The van der Waals surface area contributed by atoms with Crippen LogP contribution >= 0.6 is 0 Å². The molecule has 0 unspecified atom stereocenters. The minimum atomic E-state index is 0.617. The van der Waals surface area contributed by atoms with Crippen molar-refractivity contribution in [3.63, 3.8) is 0 Å². The lowest BCUT2D eigenvalue weighted by Crippen LogP contribution is -1.87. The Kier molecular flexibility index (Phi) is 42.1. The lowest BCUT2D eigenvalue weighted by Gasteiger charge is -1.89. The smallest absolute Gasteiger partial charge is 0.0649 e. The molecule has 1 heteroatoms. The highest BCUT2D eigenvalue weighted by Gasteiger charge is 1.70. The van der Waals surface area contributed by atoms with Crippen molar-refractivity contribution < 1.29 is 4.74 Å². The lowest BCUT2D eigenvalue weighted by molar-refractivity contribution is 0.194. The largest absolute Gasteiger partial charge is 0.373 e. The minimum Gasteiger partial charge on any atom is -0.373 e. The van der Waals surface area contributed by atoms with E-state index in [9.17, 15) is 0 Å². The monoisotopic (exact) mass is 182 g/mol. The molecule has 0 radical (unpaired) electrons. The van der Waals surface area contributed by atoms with Crippen LogP contribution in [-0.2, 0) is 4.74 Å². The third-order valence-corrected chi connectivity index (χ3v) is 0.471. The second kappa shape index (κ2) is 30.7. The van der Waals surface area contributed by atoms with Gasteiger partial charge in [-0.15, -0.1) is 26.3 Å². The van der Waals surface area contributed by atoms with Gasteiger partial charge in [0.05, 0.1) is 13.2 Å². The van der Waals surface area contributed by atoms with Crippen molar-refractivity contribution in [2.24, 2.45) is 0 Å². The summed E-state index contributed by atoms with van der Waals surface area (Å²) < 4.78 is 4.90. The van der Waals surface area contributed by atoms with Crippen molar-refractivity contribution in [3.05, 3.63) is 50.6 Å². The Morgan fingerprint density at radius 2 is 1.08 bits per heavy atom. The van der Waals surface area contributed by atoms with Crippen molar-refractivity contribution in [1.82, 2.24) is 0 Å². The normalized spacial score (nSPS) is 6.31. The molecule has 76 valence electrons. The maximum atomic E-state index is 4.90. The lowest BCUT2D eigenvalue weighted by atomic mass is 10.6. The number of ether oxygens (including phenoxy) is 1. The summed E-state index contributed by atoms with van der Waals surface area (Å²) in [5.41, 5.74) is 0. The fourth-order valence-electron chi connectivity index (χ4n) is 0.235. The zero-order valence-electron chi connectivity index (χ0n) is 8.96. The minimum absolute atomic E-state index is 0.617. The topological polar surface area (TPSA) is 9.23 Å². The molecule has 0 bridgehead atoms. The van der Waals surface area contributed by atoms with Gasteiger partial charge in [-0.05, 0) is 13.8 Å². The highest BCUT2D eigenvalue weighted by Crippen LogP contribution is 1.72. The van der Waals surface area contributed by atoms with Crippen LogP contribution in [0.5, 0.6) is 0 Å². The van der Waals surface area contributed by atoms with E-state index in [1.165, 1.54) is 0 Å². The number of hydrogen-bond donors (Lipinski definition) is 0. The Hall–Kier alpha value is -1.08. The summed E-state index contributed by atoms with van der Waals surface area (Å²) in [6.07, 6.45) is 6.92. The van der Waals surface area contributed by atoms with E-state index in [-0.39, 0.29) is 0 Å². The first kappa shape index (κ1) is 17.9. The van der Waals surface area contributed by atoms with Gasteiger partial charge in [0.2, 0.25) is 0 Å². The van der Waals surface area contributed by atoms with Crippen LogP contribution in [0.25, 0.3) is 0 Å². The van der Waals surface area contributed by atoms with E-state index in [4.69, 9.17) is 4.74 Å². The van der Waals surface area contributed by atoms with Gasteiger partial charge in [0.15, 0.2) is 0 Å². The van der Waals surface area contributed by atoms with Gasteiger partial charge in [-0.3, -0.25) is 0 Å². The molecule has 0 aliphatic carbocycles. The summed E-state index contributed by atoms with van der Waals surface area (Å²) in [6.45, 7) is 18.7. The molecule has 0 saturated carbocycles. The Balaban J connectivity index is -0.000000140. The second-order valence-corrected chi connectivity index (χ2v) is 1.93. The Labute approximate surface area is 83.1 Å². The van der Waals surface area contributed by atoms with E-state index in [2.05, 4.69) is 26.3 Å². The van der Waals surface area contributed by atoms with Gasteiger partial charge in [0, 0.05) is 0 Å². The molecule has 0 atom stereocenters. The highest BCUT2D eigenvalue weighted by molar-refractivity contribution is 4.68. The molecule has 0 aliphatic heterocycles. The van der Waals surface area contributed by atoms with E-state index < -0.39 is 0 Å². The SMILES string of the molecule is C=CC.C=CC.C=CCOCC=C. The van der Waals surface area contributed by atoms with Crippen LogP contribution in [0.4, 0.5) is 0 Å². The quantitative estimate of drug-likeness (QED) is 0.475. The van der Waals surface area contributed by atoms with Crippen LogP contribution in [0.15, 0.2) is 50.6 Å². The molecule has 0 aromatic heterocycles. The Morgan fingerprint density at radius 3 is 1.23 bits per heavy atom. The average molecular weight is 182 g/mol. The number of allylic oxidation sites excluding steroid dienone is 2. The molecule has 0 N–H and O–H groups in total. The van der Waals surface area contributed by atoms with E-state index in [0.29, 0.717) is 13.2 Å². The summed E-state index contributed by atoms with van der Waals surface area (Å²) in [7, 11) is 0. The number of hydrogen-bond acceptors (Lipinski definition) is 1. The summed E-state index contributed by atoms with van der Waals surface area (Å²) >= 11 is 0. The second-order valence-electron chi connectivity index (χ2n) is 1.93. The van der Waals surface area contributed by atoms with Gasteiger partial charge in [0.1, 0.15) is 0 Å². The summed E-state index contributed by atoms with van der Waals surface area (Å²) in [6, 6.07) is 0. The van der Waals surface area contributed by atoms with E-state index in [1.54, 1.807) is 24.3 Å². The average Bonchev–Trinajstić information content (AvgIpc) is 2.08. The Morgan fingerprint density at radius 1 is 0.846 bits per heavy atom. The van der Waals surface area contributed by atoms with E-state index in [1.807, 2.05) is 13.8 Å². The summed E-state index contributed by atoms with van der Waals surface area (Å²) in [4.78, 5) is 0. The maximum Gasteiger partial charge on any atom is 0.0649 e. The molecule has 0 spiro atoms. The molecule has 13 heavy (non-hydrogen) atoms. The van der Waals surface area contributed by atoms with Crippen LogP contribution in [0, 0.1) is 0 Å². The van der Waals surface area contributed by atoms with Gasteiger partial charge < -0.3 is 4.74 Å². The third kappa shape index (κ3) is 102. The van der Waals surface area contributed by atoms with Crippen molar-refractivity contribution in [2.75, 3.05) is 13.2 Å². The van der Waals surface area contributed by atoms with Gasteiger partial charge in [0.25, 0.3) is 0 Å². The molecule has 0 saturated heterocycles. The highest BCUT2D eigenvalue weighted by atomic mass is 16.5. The predicted molar refractivity (Wildman–Crippen MR) is 63.0 cm³/mol. The molecular formula is C12H22O. The molecule has 1 nitrogen and oxygen atoms in total. The zero-order chi connectivity index (χ0) is 10.9. The van der Waals surface area contributed by atoms with Crippen LogP contribution in [0.1, 0.15) is 13.8 Å². The number of rotatable bonds is 4. The maximum absolute atomic E-state index is 4.90. The van der Waals surface area contributed by atoms with Crippen LogP contribution in [0.3, 0.4) is 0 Å². The van der Waals surface area contributed by atoms with Crippen LogP contribution in [-0.4, -0.2) is 13.2 Å². The van der Waals surface area contributed by atoms with Gasteiger partial charge >= 0.3 is 0 Å². The van der Waals surface area contributed by atoms with Crippen LogP contribution < -0.4 is 0 Å². The molecule has 0 amide bonds. The van der Waals surface area contributed by atoms with Gasteiger partial charge in [-0.2, -0.15) is 0 Å². The van der Waals surface area contributed by atoms with Crippen molar-refractivity contribution >= 4 is 0 Å². The van der Waals surface area contributed by atoms with Crippen molar-refractivity contribution in [2.45, 2.75) is 13.8 Å². The van der Waals surface area contributed by atoms with Crippen molar-refractivity contribution in [1.29, 1.82) is 0 Å². The van der Waals surface area contributed by atoms with Gasteiger partial charge in [-0.1, -0.05) is 24.3 Å². The fourth-order valence-corrected chi connectivity index (χ4v) is 0.235. The van der Waals surface area contributed by atoms with Crippen LogP contribution in [0.2, 0.25) is 0 Å². The Bertz CT molecular complexity index is 100. The van der Waals surface area contributed by atoms with E-state index in [0.717, 1.165) is 0 Å². The molecule has 0 aliphatic rings. The molecule has 0 rings (SSSR count). The molecular weight excluding hydrogens is 160 g/mol. The summed E-state index contributed by atoms with van der Waals surface area (Å²) in [5.74, 6) is 0.